The van der Waals surface area contributed by atoms with Gasteiger partial charge in [0.1, 0.15) is 4.99 Å². The fraction of sp³-hybridized carbons (Fsp3) is 0.385. The van der Waals surface area contributed by atoms with Crippen molar-refractivity contribution < 1.29 is 9.53 Å². The lowest BCUT2D eigenvalue weighted by Gasteiger charge is -2.16. The van der Waals surface area contributed by atoms with Crippen molar-refractivity contribution in [3.63, 3.8) is 0 Å². The van der Waals surface area contributed by atoms with Gasteiger partial charge in [0.25, 0.3) is 5.91 Å². The first-order valence-electron chi connectivity index (χ1n) is 5.83. The summed E-state index contributed by atoms with van der Waals surface area (Å²) in [6.07, 6.45) is 1.03. The molecule has 1 heterocycles. The van der Waals surface area contributed by atoms with Gasteiger partial charge in [0.2, 0.25) is 0 Å². The summed E-state index contributed by atoms with van der Waals surface area (Å²) in [5, 5.41) is 0. The van der Waals surface area contributed by atoms with E-state index in [4.69, 9.17) is 22.7 Å². The van der Waals surface area contributed by atoms with Gasteiger partial charge in [-0.25, -0.2) is 0 Å². The molecule has 1 aliphatic heterocycles. The van der Waals surface area contributed by atoms with Crippen LogP contribution in [0.2, 0.25) is 0 Å². The Labute approximate surface area is 112 Å². The molecule has 4 nitrogen and oxygen atoms in total. The molecule has 1 aliphatic rings. The lowest BCUT2D eigenvalue weighted by Crippen LogP contribution is -2.30. The summed E-state index contributed by atoms with van der Waals surface area (Å²) in [6, 6.07) is 7.13. The number of rotatable bonds is 3. The Balaban J connectivity index is 2.14. The molecule has 96 valence electrons. The van der Waals surface area contributed by atoms with Crippen LogP contribution in [-0.2, 0) is 4.74 Å². The highest BCUT2D eigenvalue weighted by atomic mass is 32.1. The number of hydrogen-bond acceptors (Lipinski definition) is 3. The van der Waals surface area contributed by atoms with E-state index in [9.17, 15) is 4.79 Å². The maximum Gasteiger partial charge on any atom is 0.253 e. The van der Waals surface area contributed by atoms with Gasteiger partial charge >= 0.3 is 0 Å². The van der Waals surface area contributed by atoms with Crippen molar-refractivity contribution >= 4 is 23.1 Å². The molecule has 1 aromatic rings. The molecule has 1 amide bonds. The van der Waals surface area contributed by atoms with Gasteiger partial charge < -0.3 is 15.4 Å². The molecule has 5 heteroatoms. The SMILES string of the molecule is COC1CCN(C(=O)c2cccc(C(N)=S)c2)C1. The van der Waals surface area contributed by atoms with Crippen LogP contribution in [0.1, 0.15) is 22.3 Å². The maximum atomic E-state index is 12.3. The lowest BCUT2D eigenvalue weighted by molar-refractivity contribution is 0.0724. The number of likely N-dealkylation sites (tertiary alicyclic amines) is 1. The average Bonchev–Trinajstić information content (AvgIpc) is 2.86. The molecule has 1 unspecified atom stereocenters. The van der Waals surface area contributed by atoms with Crippen molar-refractivity contribution in [1.82, 2.24) is 4.90 Å². The molecular weight excluding hydrogens is 248 g/mol. The fourth-order valence-electron chi connectivity index (χ4n) is 2.09. The molecule has 1 aromatic carbocycles. The summed E-state index contributed by atoms with van der Waals surface area (Å²) < 4.78 is 5.25. The van der Waals surface area contributed by atoms with Gasteiger partial charge in [0, 0.05) is 31.3 Å². The summed E-state index contributed by atoms with van der Waals surface area (Å²) in [7, 11) is 1.67. The first-order valence-corrected chi connectivity index (χ1v) is 6.24. The number of benzene rings is 1. The van der Waals surface area contributed by atoms with Gasteiger partial charge in [-0.2, -0.15) is 0 Å². The summed E-state index contributed by atoms with van der Waals surface area (Å²) in [5.41, 5.74) is 6.91. The second-order valence-corrected chi connectivity index (χ2v) is 4.78. The van der Waals surface area contributed by atoms with Crippen molar-refractivity contribution in [2.24, 2.45) is 5.73 Å². The van der Waals surface area contributed by atoms with E-state index in [-0.39, 0.29) is 12.0 Å². The average molecular weight is 264 g/mol. The number of nitrogens with two attached hydrogens (primary N) is 1. The molecule has 1 saturated heterocycles. The number of carbonyl (C=O) groups is 1. The van der Waals surface area contributed by atoms with E-state index in [1.54, 1.807) is 36.3 Å². The van der Waals surface area contributed by atoms with Gasteiger partial charge in [-0.1, -0.05) is 24.4 Å². The fourth-order valence-corrected chi connectivity index (χ4v) is 2.22. The van der Waals surface area contributed by atoms with E-state index in [2.05, 4.69) is 0 Å². The van der Waals surface area contributed by atoms with Gasteiger partial charge in [-0.05, 0) is 18.6 Å². The van der Waals surface area contributed by atoms with Gasteiger partial charge in [0.05, 0.1) is 6.10 Å². The summed E-state index contributed by atoms with van der Waals surface area (Å²) >= 11 is 4.91. The van der Waals surface area contributed by atoms with E-state index in [1.807, 2.05) is 0 Å². The Morgan fingerprint density at radius 3 is 2.83 bits per heavy atom. The minimum atomic E-state index is 0.00708. The van der Waals surface area contributed by atoms with E-state index < -0.39 is 0 Å². The number of hydrogen-bond donors (Lipinski definition) is 1. The third-order valence-electron chi connectivity index (χ3n) is 3.16. The van der Waals surface area contributed by atoms with Crippen molar-refractivity contribution in [2.45, 2.75) is 12.5 Å². The van der Waals surface area contributed by atoms with E-state index in [0.717, 1.165) is 18.5 Å². The molecule has 1 fully saturated rings. The lowest BCUT2D eigenvalue weighted by atomic mass is 10.1. The third-order valence-corrected chi connectivity index (χ3v) is 3.40. The number of thiocarbonyl (C=S) groups is 1. The summed E-state index contributed by atoms with van der Waals surface area (Å²) in [6.45, 7) is 1.38. The number of carbonyl (C=O) groups excluding carboxylic acids is 1. The Kier molecular flexibility index (Phi) is 3.93. The van der Waals surface area contributed by atoms with E-state index in [1.165, 1.54) is 0 Å². The van der Waals surface area contributed by atoms with Crippen LogP contribution in [0.25, 0.3) is 0 Å². The maximum absolute atomic E-state index is 12.3. The number of methoxy groups -OCH3 is 1. The zero-order chi connectivity index (χ0) is 13.1. The number of nitrogens with zero attached hydrogens (tertiary/aromatic N) is 1. The van der Waals surface area contributed by atoms with Gasteiger partial charge in [0.15, 0.2) is 0 Å². The van der Waals surface area contributed by atoms with Crippen LogP contribution in [-0.4, -0.2) is 42.1 Å². The zero-order valence-corrected chi connectivity index (χ0v) is 11.1. The van der Waals surface area contributed by atoms with Gasteiger partial charge in [-0.15, -0.1) is 0 Å². The predicted molar refractivity (Wildman–Crippen MR) is 73.6 cm³/mol. The first-order chi connectivity index (χ1) is 8.61. The number of ether oxygens (including phenoxy) is 1. The summed E-state index contributed by atoms with van der Waals surface area (Å²) in [4.78, 5) is 14.4. The van der Waals surface area contributed by atoms with Crippen LogP contribution in [0.4, 0.5) is 0 Å². The van der Waals surface area contributed by atoms with Crippen LogP contribution < -0.4 is 5.73 Å². The molecule has 0 radical (unpaired) electrons. The predicted octanol–water partition coefficient (Wildman–Crippen LogP) is 1.18. The second kappa shape index (κ2) is 5.46. The molecule has 2 rings (SSSR count). The molecule has 0 aliphatic carbocycles. The smallest absolute Gasteiger partial charge is 0.253 e. The number of amides is 1. The Bertz CT molecular complexity index is 476. The monoisotopic (exact) mass is 264 g/mol. The van der Waals surface area contributed by atoms with Crippen molar-refractivity contribution in [3.8, 4) is 0 Å². The topological polar surface area (TPSA) is 55.6 Å². The van der Waals surface area contributed by atoms with Crippen LogP contribution in [0.3, 0.4) is 0 Å². The molecule has 0 saturated carbocycles. The molecule has 0 bridgehead atoms. The largest absolute Gasteiger partial charge is 0.389 e. The molecular formula is C13H16N2O2S. The minimum absolute atomic E-state index is 0.00708. The Morgan fingerprint density at radius 1 is 1.50 bits per heavy atom. The van der Waals surface area contributed by atoms with Gasteiger partial charge in [-0.3, -0.25) is 4.79 Å². The normalized spacial score (nSPS) is 18.9. The van der Waals surface area contributed by atoms with Crippen LogP contribution in [0.15, 0.2) is 24.3 Å². The molecule has 1 atom stereocenters. The summed E-state index contributed by atoms with van der Waals surface area (Å²) in [5.74, 6) is 0.00708. The zero-order valence-electron chi connectivity index (χ0n) is 10.3. The highest BCUT2D eigenvalue weighted by molar-refractivity contribution is 7.80. The third kappa shape index (κ3) is 2.68. The second-order valence-electron chi connectivity index (χ2n) is 4.34. The van der Waals surface area contributed by atoms with Crippen molar-refractivity contribution in [2.75, 3.05) is 20.2 Å². The van der Waals surface area contributed by atoms with E-state index in [0.29, 0.717) is 17.1 Å². The Morgan fingerprint density at radius 2 is 2.22 bits per heavy atom. The molecule has 18 heavy (non-hydrogen) atoms. The highest BCUT2D eigenvalue weighted by Crippen LogP contribution is 2.16. The standard InChI is InChI=1S/C13H16N2O2S/c1-17-11-5-6-15(8-11)13(16)10-4-2-3-9(7-10)12(14)18/h2-4,7,11H,5-6,8H2,1H3,(H2,14,18). The van der Waals surface area contributed by atoms with Crippen LogP contribution in [0.5, 0.6) is 0 Å². The first kappa shape index (κ1) is 13.0. The van der Waals surface area contributed by atoms with E-state index >= 15 is 0 Å². The quantitative estimate of drug-likeness (QED) is 0.833. The molecule has 0 spiro atoms. The van der Waals surface area contributed by atoms with Crippen molar-refractivity contribution in [1.29, 1.82) is 0 Å². The van der Waals surface area contributed by atoms with Crippen LogP contribution in [0, 0.1) is 0 Å². The minimum Gasteiger partial charge on any atom is -0.389 e. The highest BCUT2D eigenvalue weighted by Gasteiger charge is 2.26. The Hall–Kier alpha value is -1.46. The molecule has 0 aromatic heterocycles. The van der Waals surface area contributed by atoms with Crippen molar-refractivity contribution in [3.05, 3.63) is 35.4 Å². The molecule has 2 N–H and O–H groups in total. The van der Waals surface area contributed by atoms with Crippen LogP contribution >= 0.6 is 12.2 Å².